The second-order valence-corrected chi connectivity index (χ2v) is 3.39. The molecule has 0 spiro atoms. The first-order valence-electron chi connectivity index (χ1n) is 4.27. The lowest BCUT2D eigenvalue weighted by Gasteiger charge is -1.97. The first kappa shape index (κ1) is 10.5. The van der Waals surface area contributed by atoms with Crippen LogP contribution in [0.2, 0.25) is 0 Å². The van der Waals surface area contributed by atoms with Crippen molar-refractivity contribution in [2.45, 2.75) is 12.3 Å². The van der Waals surface area contributed by atoms with Gasteiger partial charge in [-0.1, -0.05) is 12.1 Å². The highest BCUT2D eigenvalue weighted by Gasteiger charge is 2.36. The average molecular weight is 202 g/mol. The molecule has 0 aliphatic heterocycles. The molecule has 1 aromatic carbocycles. The lowest BCUT2D eigenvalue weighted by molar-refractivity contribution is 0.626. The number of halogens is 2. The summed E-state index contributed by atoms with van der Waals surface area (Å²) in [6.45, 7) is 0.752. The van der Waals surface area contributed by atoms with Gasteiger partial charge in [0.15, 0.2) is 0 Å². The van der Waals surface area contributed by atoms with E-state index >= 15 is 0 Å². The van der Waals surface area contributed by atoms with Gasteiger partial charge >= 0.3 is 0 Å². The maximum Gasteiger partial charge on any atom is 0.123 e. The Bertz CT molecular complexity index is 273. The van der Waals surface area contributed by atoms with Gasteiger partial charge in [-0.05, 0) is 42.5 Å². The number of hydrogen-bond donors (Lipinski definition) is 1. The molecule has 0 saturated heterocycles. The minimum absolute atomic E-state index is 0. The molecular formula is C10H13ClFN. The monoisotopic (exact) mass is 201 g/mol. The Labute approximate surface area is 83.5 Å². The van der Waals surface area contributed by atoms with Gasteiger partial charge in [0, 0.05) is 0 Å². The van der Waals surface area contributed by atoms with E-state index in [4.69, 9.17) is 5.73 Å². The van der Waals surface area contributed by atoms with E-state index in [1.807, 2.05) is 12.1 Å². The molecule has 2 rings (SSSR count). The molecule has 2 atom stereocenters. The lowest BCUT2D eigenvalue weighted by atomic mass is 10.1. The fraction of sp³-hybridized carbons (Fsp3) is 0.400. The first-order valence-corrected chi connectivity index (χ1v) is 4.27. The molecule has 1 aliphatic carbocycles. The standard InChI is InChI=1S/C10H12FN.ClH/c11-9-3-1-7(2-4-9)10-5-8(10)6-12;/h1-4,8,10H,5-6,12H2;1H. The SMILES string of the molecule is Cl.NCC1CC1c1ccc(F)cc1. The first-order chi connectivity index (χ1) is 5.81. The molecule has 1 aliphatic rings. The summed E-state index contributed by atoms with van der Waals surface area (Å²) in [5.41, 5.74) is 6.75. The maximum atomic E-state index is 12.5. The van der Waals surface area contributed by atoms with Gasteiger partial charge in [0.05, 0.1) is 0 Å². The Morgan fingerprint density at radius 3 is 2.38 bits per heavy atom. The van der Waals surface area contributed by atoms with Gasteiger partial charge in [0.1, 0.15) is 5.82 Å². The van der Waals surface area contributed by atoms with Crippen molar-refractivity contribution in [3.05, 3.63) is 35.6 Å². The van der Waals surface area contributed by atoms with Gasteiger partial charge in [-0.25, -0.2) is 4.39 Å². The zero-order valence-electron chi connectivity index (χ0n) is 7.24. The molecule has 72 valence electrons. The smallest absolute Gasteiger partial charge is 0.123 e. The molecule has 1 aromatic rings. The van der Waals surface area contributed by atoms with Gasteiger partial charge in [0.2, 0.25) is 0 Å². The maximum absolute atomic E-state index is 12.5. The lowest BCUT2D eigenvalue weighted by Crippen LogP contribution is -2.01. The van der Waals surface area contributed by atoms with Crippen molar-refractivity contribution in [3.63, 3.8) is 0 Å². The summed E-state index contributed by atoms with van der Waals surface area (Å²) < 4.78 is 12.5. The molecule has 3 heteroatoms. The Morgan fingerprint density at radius 2 is 1.92 bits per heavy atom. The van der Waals surface area contributed by atoms with Crippen LogP contribution in [0.5, 0.6) is 0 Å². The van der Waals surface area contributed by atoms with E-state index in [0.717, 1.165) is 6.54 Å². The van der Waals surface area contributed by atoms with E-state index in [0.29, 0.717) is 11.8 Å². The van der Waals surface area contributed by atoms with Crippen LogP contribution >= 0.6 is 12.4 Å². The van der Waals surface area contributed by atoms with Crippen molar-refractivity contribution < 1.29 is 4.39 Å². The van der Waals surface area contributed by atoms with E-state index in [2.05, 4.69) is 0 Å². The number of nitrogens with two attached hydrogens (primary N) is 1. The van der Waals surface area contributed by atoms with E-state index in [-0.39, 0.29) is 18.2 Å². The topological polar surface area (TPSA) is 26.0 Å². The Kier molecular flexibility index (Phi) is 3.28. The second kappa shape index (κ2) is 4.07. The summed E-state index contributed by atoms with van der Waals surface area (Å²) in [6.07, 6.45) is 1.17. The van der Waals surface area contributed by atoms with Crippen LogP contribution in [0.25, 0.3) is 0 Å². The number of rotatable bonds is 2. The van der Waals surface area contributed by atoms with Gasteiger partial charge in [-0.15, -0.1) is 12.4 Å². The Morgan fingerprint density at radius 1 is 1.31 bits per heavy atom. The summed E-state index contributed by atoms with van der Waals surface area (Å²) in [5.74, 6) is 1.06. The van der Waals surface area contributed by atoms with E-state index in [1.54, 1.807) is 0 Å². The molecule has 1 fully saturated rings. The van der Waals surface area contributed by atoms with Crippen LogP contribution in [0.4, 0.5) is 4.39 Å². The minimum Gasteiger partial charge on any atom is -0.330 e. The fourth-order valence-corrected chi connectivity index (χ4v) is 1.63. The summed E-state index contributed by atoms with van der Waals surface area (Å²) in [4.78, 5) is 0. The van der Waals surface area contributed by atoms with E-state index < -0.39 is 0 Å². The molecule has 0 aromatic heterocycles. The van der Waals surface area contributed by atoms with Crippen molar-refractivity contribution in [2.24, 2.45) is 11.7 Å². The molecule has 0 heterocycles. The molecule has 0 radical (unpaired) electrons. The molecule has 2 N–H and O–H groups in total. The predicted molar refractivity (Wildman–Crippen MR) is 53.6 cm³/mol. The third-order valence-corrected chi connectivity index (χ3v) is 2.52. The summed E-state index contributed by atoms with van der Waals surface area (Å²) >= 11 is 0. The molecule has 0 amide bonds. The zero-order chi connectivity index (χ0) is 8.55. The summed E-state index contributed by atoms with van der Waals surface area (Å²) in [6, 6.07) is 6.74. The van der Waals surface area contributed by atoms with Gasteiger partial charge < -0.3 is 5.73 Å². The fourth-order valence-electron chi connectivity index (χ4n) is 1.63. The second-order valence-electron chi connectivity index (χ2n) is 3.39. The van der Waals surface area contributed by atoms with Crippen LogP contribution in [0.1, 0.15) is 17.9 Å². The van der Waals surface area contributed by atoms with Crippen molar-refractivity contribution >= 4 is 12.4 Å². The number of hydrogen-bond acceptors (Lipinski definition) is 1. The van der Waals surface area contributed by atoms with Crippen molar-refractivity contribution in [1.82, 2.24) is 0 Å². The van der Waals surface area contributed by atoms with Crippen LogP contribution in [0.15, 0.2) is 24.3 Å². The molecule has 13 heavy (non-hydrogen) atoms. The molecule has 0 bridgehead atoms. The van der Waals surface area contributed by atoms with Gasteiger partial charge in [0.25, 0.3) is 0 Å². The summed E-state index contributed by atoms with van der Waals surface area (Å²) in [5, 5.41) is 0. The van der Waals surface area contributed by atoms with Crippen LogP contribution in [-0.4, -0.2) is 6.54 Å². The van der Waals surface area contributed by atoms with Crippen molar-refractivity contribution in [3.8, 4) is 0 Å². The highest BCUT2D eigenvalue weighted by Crippen LogP contribution is 2.46. The zero-order valence-corrected chi connectivity index (χ0v) is 8.06. The normalized spacial score (nSPS) is 25.1. The molecule has 1 nitrogen and oxygen atoms in total. The Balaban J connectivity index is 0.000000845. The largest absolute Gasteiger partial charge is 0.330 e. The third kappa shape index (κ3) is 2.20. The number of benzene rings is 1. The van der Waals surface area contributed by atoms with Gasteiger partial charge in [-0.3, -0.25) is 0 Å². The van der Waals surface area contributed by atoms with E-state index in [9.17, 15) is 4.39 Å². The van der Waals surface area contributed by atoms with Crippen molar-refractivity contribution in [1.29, 1.82) is 0 Å². The summed E-state index contributed by atoms with van der Waals surface area (Å²) in [7, 11) is 0. The third-order valence-electron chi connectivity index (χ3n) is 2.52. The van der Waals surface area contributed by atoms with Crippen molar-refractivity contribution in [2.75, 3.05) is 6.54 Å². The van der Waals surface area contributed by atoms with Crippen LogP contribution < -0.4 is 5.73 Å². The van der Waals surface area contributed by atoms with Crippen LogP contribution in [-0.2, 0) is 0 Å². The Hall–Kier alpha value is -0.600. The van der Waals surface area contributed by atoms with Gasteiger partial charge in [-0.2, -0.15) is 0 Å². The highest BCUT2D eigenvalue weighted by atomic mass is 35.5. The van der Waals surface area contributed by atoms with Crippen LogP contribution in [0, 0.1) is 11.7 Å². The predicted octanol–water partition coefficient (Wildman–Crippen LogP) is 2.31. The van der Waals surface area contributed by atoms with Crippen LogP contribution in [0.3, 0.4) is 0 Å². The average Bonchev–Trinajstić information content (AvgIpc) is 2.85. The van der Waals surface area contributed by atoms with E-state index in [1.165, 1.54) is 24.1 Å². The molecule has 1 saturated carbocycles. The quantitative estimate of drug-likeness (QED) is 0.781. The molecular weight excluding hydrogens is 189 g/mol. The highest BCUT2D eigenvalue weighted by molar-refractivity contribution is 5.85. The molecule has 2 unspecified atom stereocenters. The minimum atomic E-state index is -0.163.